The Morgan fingerprint density at radius 3 is 2.52 bits per heavy atom. The predicted octanol–water partition coefficient (Wildman–Crippen LogP) is 1.87. The van der Waals surface area contributed by atoms with E-state index >= 15 is 0 Å². The van der Waals surface area contributed by atoms with Gasteiger partial charge in [-0.2, -0.15) is 0 Å². The number of hydrogen-bond donors (Lipinski definition) is 3. The third-order valence-electron chi connectivity index (χ3n) is 2.76. The Labute approximate surface area is 125 Å². The Morgan fingerprint density at radius 1 is 1.24 bits per heavy atom. The molecule has 1 atom stereocenters. The van der Waals surface area contributed by atoms with Crippen molar-refractivity contribution in [1.82, 2.24) is 10.3 Å². The molecule has 0 spiro atoms. The molecule has 108 valence electrons. The summed E-state index contributed by atoms with van der Waals surface area (Å²) >= 11 is 5.97. The number of carbonyl (C=O) groups is 2. The lowest BCUT2D eigenvalue weighted by Crippen LogP contribution is -2.34. The summed E-state index contributed by atoms with van der Waals surface area (Å²) in [7, 11) is 0. The molecular formula is C14H12ClN3O3. The maximum Gasteiger partial charge on any atom is 0.330 e. The summed E-state index contributed by atoms with van der Waals surface area (Å²) in [5.74, 6) is -1.84. The largest absolute Gasteiger partial charge is 0.479 e. The number of amides is 1. The number of anilines is 1. The third-order valence-corrected chi connectivity index (χ3v) is 3.10. The fraction of sp³-hybridized carbons (Fsp3) is 0.0714. The van der Waals surface area contributed by atoms with Gasteiger partial charge in [0.2, 0.25) is 0 Å². The molecule has 0 bridgehead atoms. The van der Waals surface area contributed by atoms with Gasteiger partial charge < -0.3 is 16.2 Å². The Balaban J connectivity index is 2.25. The van der Waals surface area contributed by atoms with Crippen molar-refractivity contribution >= 4 is 29.2 Å². The monoisotopic (exact) mass is 305 g/mol. The topological polar surface area (TPSA) is 105 Å². The van der Waals surface area contributed by atoms with Crippen LogP contribution in [-0.2, 0) is 4.79 Å². The SMILES string of the molecule is Nc1ccc(C(=O)N[C@@H](C(=O)O)c2ccccc2Cl)nc1. The fourth-order valence-corrected chi connectivity index (χ4v) is 1.97. The van der Waals surface area contributed by atoms with E-state index in [-0.39, 0.29) is 10.7 Å². The predicted molar refractivity (Wildman–Crippen MR) is 77.9 cm³/mol. The molecule has 0 unspecified atom stereocenters. The number of benzene rings is 1. The van der Waals surface area contributed by atoms with Crippen LogP contribution >= 0.6 is 11.6 Å². The number of rotatable bonds is 4. The Bertz CT molecular complexity index is 673. The van der Waals surface area contributed by atoms with E-state index in [9.17, 15) is 14.7 Å². The van der Waals surface area contributed by atoms with Gasteiger partial charge >= 0.3 is 5.97 Å². The number of hydrogen-bond acceptors (Lipinski definition) is 4. The van der Waals surface area contributed by atoms with Gasteiger partial charge in [0.1, 0.15) is 5.69 Å². The average molecular weight is 306 g/mol. The van der Waals surface area contributed by atoms with Crippen LogP contribution in [0.2, 0.25) is 5.02 Å². The summed E-state index contributed by atoms with van der Waals surface area (Å²) in [4.78, 5) is 27.2. The summed E-state index contributed by atoms with van der Waals surface area (Å²) in [6.07, 6.45) is 1.32. The summed E-state index contributed by atoms with van der Waals surface area (Å²) in [6, 6.07) is 8.08. The van der Waals surface area contributed by atoms with E-state index in [1.165, 1.54) is 24.4 Å². The van der Waals surface area contributed by atoms with Crippen LogP contribution < -0.4 is 11.1 Å². The molecule has 2 aromatic rings. The lowest BCUT2D eigenvalue weighted by atomic mass is 10.1. The molecule has 1 aromatic heterocycles. The molecule has 0 aliphatic heterocycles. The summed E-state index contributed by atoms with van der Waals surface area (Å²) in [6.45, 7) is 0. The molecule has 1 heterocycles. The minimum Gasteiger partial charge on any atom is -0.479 e. The van der Waals surface area contributed by atoms with E-state index in [1.807, 2.05) is 0 Å². The van der Waals surface area contributed by atoms with Crippen LogP contribution in [0.5, 0.6) is 0 Å². The van der Waals surface area contributed by atoms with Gasteiger partial charge in [0, 0.05) is 10.6 Å². The zero-order valence-electron chi connectivity index (χ0n) is 10.8. The van der Waals surface area contributed by atoms with Crippen molar-refractivity contribution in [2.75, 3.05) is 5.73 Å². The van der Waals surface area contributed by atoms with Gasteiger partial charge in [0.25, 0.3) is 5.91 Å². The minimum absolute atomic E-state index is 0.0718. The van der Waals surface area contributed by atoms with Crippen molar-refractivity contribution in [3.8, 4) is 0 Å². The van der Waals surface area contributed by atoms with Gasteiger partial charge in [-0.25, -0.2) is 9.78 Å². The number of carbonyl (C=O) groups excluding carboxylic acids is 1. The second-order valence-electron chi connectivity index (χ2n) is 4.24. The number of nitrogens with one attached hydrogen (secondary N) is 1. The summed E-state index contributed by atoms with van der Waals surface area (Å²) < 4.78 is 0. The maximum absolute atomic E-state index is 12.0. The smallest absolute Gasteiger partial charge is 0.330 e. The first-order chi connectivity index (χ1) is 9.99. The first-order valence-corrected chi connectivity index (χ1v) is 6.36. The highest BCUT2D eigenvalue weighted by Crippen LogP contribution is 2.23. The van der Waals surface area contributed by atoms with E-state index in [2.05, 4.69) is 10.3 Å². The van der Waals surface area contributed by atoms with E-state index < -0.39 is 17.9 Å². The highest BCUT2D eigenvalue weighted by Gasteiger charge is 2.25. The van der Waals surface area contributed by atoms with Crippen molar-refractivity contribution < 1.29 is 14.7 Å². The molecule has 0 radical (unpaired) electrons. The number of carboxylic acid groups (broad SMARTS) is 1. The molecule has 0 saturated heterocycles. The van der Waals surface area contributed by atoms with Crippen molar-refractivity contribution in [3.63, 3.8) is 0 Å². The highest BCUT2D eigenvalue weighted by atomic mass is 35.5. The van der Waals surface area contributed by atoms with Crippen molar-refractivity contribution in [2.45, 2.75) is 6.04 Å². The third kappa shape index (κ3) is 3.49. The van der Waals surface area contributed by atoms with Crippen LogP contribution in [0.3, 0.4) is 0 Å². The van der Waals surface area contributed by atoms with Crippen LogP contribution in [0.15, 0.2) is 42.6 Å². The van der Waals surface area contributed by atoms with E-state index in [4.69, 9.17) is 17.3 Å². The van der Waals surface area contributed by atoms with E-state index in [0.717, 1.165) is 0 Å². The zero-order valence-corrected chi connectivity index (χ0v) is 11.5. The van der Waals surface area contributed by atoms with E-state index in [1.54, 1.807) is 18.2 Å². The van der Waals surface area contributed by atoms with Gasteiger partial charge in [-0.15, -0.1) is 0 Å². The zero-order chi connectivity index (χ0) is 15.4. The maximum atomic E-state index is 12.0. The molecule has 0 fully saturated rings. The molecule has 0 aliphatic rings. The fourth-order valence-electron chi connectivity index (χ4n) is 1.73. The van der Waals surface area contributed by atoms with Crippen molar-refractivity contribution in [2.24, 2.45) is 0 Å². The Hall–Kier alpha value is -2.60. The molecule has 1 amide bonds. The van der Waals surface area contributed by atoms with Gasteiger partial charge in [-0.1, -0.05) is 29.8 Å². The molecular weight excluding hydrogens is 294 g/mol. The number of aromatic nitrogens is 1. The average Bonchev–Trinajstić information content (AvgIpc) is 2.46. The number of nitrogen functional groups attached to an aromatic ring is 1. The normalized spacial score (nSPS) is 11.7. The van der Waals surface area contributed by atoms with Crippen molar-refractivity contribution in [1.29, 1.82) is 0 Å². The van der Waals surface area contributed by atoms with Crippen LogP contribution in [0.4, 0.5) is 5.69 Å². The first kappa shape index (κ1) is 14.8. The molecule has 21 heavy (non-hydrogen) atoms. The molecule has 1 aromatic carbocycles. The van der Waals surface area contributed by atoms with Crippen molar-refractivity contribution in [3.05, 3.63) is 58.9 Å². The van der Waals surface area contributed by atoms with Crippen LogP contribution in [0.1, 0.15) is 22.1 Å². The van der Waals surface area contributed by atoms with E-state index in [0.29, 0.717) is 11.3 Å². The number of pyridine rings is 1. The molecule has 7 heteroatoms. The number of carboxylic acids is 1. The summed E-state index contributed by atoms with van der Waals surface area (Å²) in [5.41, 5.74) is 6.26. The number of halogens is 1. The van der Waals surface area contributed by atoms with Crippen LogP contribution in [0, 0.1) is 0 Å². The number of nitrogens with two attached hydrogens (primary N) is 1. The second-order valence-corrected chi connectivity index (χ2v) is 4.65. The Kier molecular flexibility index (Phi) is 4.39. The highest BCUT2D eigenvalue weighted by molar-refractivity contribution is 6.31. The molecule has 0 aliphatic carbocycles. The van der Waals surface area contributed by atoms with Gasteiger partial charge in [-0.3, -0.25) is 4.79 Å². The molecule has 6 nitrogen and oxygen atoms in total. The standard InChI is InChI=1S/C14H12ClN3O3/c15-10-4-2-1-3-9(10)12(14(20)21)18-13(19)11-6-5-8(16)7-17-11/h1-7,12H,16H2,(H,18,19)(H,20,21)/t12-/m1/s1. The first-order valence-electron chi connectivity index (χ1n) is 5.98. The van der Waals surface area contributed by atoms with Crippen LogP contribution in [0.25, 0.3) is 0 Å². The van der Waals surface area contributed by atoms with Gasteiger partial charge in [0.05, 0.1) is 11.9 Å². The Morgan fingerprint density at radius 2 is 1.95 bits per heavy atom. The minimum atomic E-state index is -1.26. The summed E-state index contributed by atoms with van der Waals surface area (Å²) in [5, 5.41) is 11.9. The number of aliphatic carboxylic acids is 1. The van der Waals surface area contributed by atoms with Gasteiger partial charge in [-0.05, 0) is 18.2 Å². The van der Waals surface area contributed by atoms with Crippen LogP contribution in [-0.4, -0.2) is 22.0 Å². The second kappa shape index (κ2) is 6.23. The molecule has 4 N–H and O–H groups in total. The number of nitrogens with zero attached hydrogens (tertiary/aromatic N) is 1. The lowest BCUT2D eigenvalue weighted by molar-refractivity contribution is -0.139. The van der Waals surface area contributed by atoms with Gasteiger partial charge in [0.15, 0.2) is 6.04 Å². The molecule has 2 rings (SSSR count). The lowest BCUT2D eigenvalue weighted by Gasteiger charge is -2.15. The quantitative estimate of drug-likeness (QED) is 0.799. The molecule has 0 saturated carbocycles.